The second kappa shape index (κ2) is 9.81. The van der Waals surface area contributed by atoms with Gasteiger partial charge in [-0.05, 0) is 99.9 Å². The van der Waals surface area contributed by atoms with Gasteiger partial charge in [0.05, 0.1) is 0 Å². The minimum atomic E-state index is -5.64. The number of alkyl halides is 3. The lowest BCUT2D eigenvalue weighted by molar-refractivity contribution is -0.0857. The summed E-state index contributed by atoms with van der Waals surface area (Å²) in [6.45, 7) is 15.9. The molecule has 4 rings (SSSR count). The van der Waals surface area contributed by atoms with E-state index in [2.05, 4.69) is 67.9 Å². The van der Waals surface area contributed by atoms with Gasteiger partial charge in [0.15, 0.2) is 8.32 Å². The standard InChI is InChI=1S/C28H43F3O4SSi2/c1-8-26-15-13-23-22-12-10-21(34-36(32,33)28(29,30)31)19-20(22)9-11-24(23)25(26)14-16-27(26,35-38(5,6)7)17-18-37(2,3)4/h9,19,22-25H,8,10-16H2,1-7H3/t22-,23+,24+,25-,26-,27+/m0/s1. The first kappa shape index (κ1) is 29.9. The van der Waals surface area contributed by atoms with Gasteiger partial charge in [-0.2, -0.15) is 21.6 Å². The number of halogens is 3. The largest absolute Gasteiger partial charge is 0.534 e. The van der Waals surface area contributed by atoms with Crippen LogP contribution < -0.4 is 0 Å². The third-order valence-electron chi connectivity index (χ3n) is 9.16. The fraction of sp³-hybridized carbons (Fsp3) is 0.786. The van der Waals surface area contributed by atoms with E-state index in [1.165, 1.54) is 0 Å². The molecule has 0 aromatic carbocycles. The van der Waals surface area contributed by atoms with Crippen LogP contribution in [0.3, 0.4) is 0 Å². The van der Waals surface area contributed by atoms with Crippen molar-refractivity contribution in [3.05, 3.63) is 23.5 Å². The van der Waals surface area contributed by atoms with Gasteiger partial charge in [-0.3, -0.25) is 0 Å². The quantitative estimate of drug-likeness (QED) is 0.142. The molecule has 0 N–H and O–H groups in total. The zero-order valence-electron chi connectivity index (χ0n) is 23.8. The van der Waals surface area contributed by atoms with Crippen LogP contribution in [0, 0.1) is 40.6 Å². The molecule has 2 fully saturated rings. The molecule has 0 saturated heterocycles. The Bertz CT molecular complexity index is 1170. The predicted octanol–water partition coefficient (Wildman–Crippen LogP) is 7.78. The summed E-state index contributed by atoms with van der Waals surface area (Å²) in [7, 11) is -9.14. The van der Waals surface area contributed by atoms with Gasteiger partial charge in [-0.15, -0.1) is 5.54 Å². The third-order valence-corrected chi connectivity index (χ3v) is 12.0. The molecule has 4 aliphatic rings. The highest BCUT2D eigenvalue weighted by molar-refractivity contribution is 7.87. The highest BCUT2D eigenvalue weighted by Crippen LogP contribution is 2.67. The summed E-state index contributed by atoms with van der Waals surface area (Å²) in [5, 5.41) is 0. The maximum atomic E-state index is 12.9. The Morgan fingerprint density at radius 1 is 1.05 bits per heavy atom. The van der Waals surface area contributed by atoms with Crippen LogP contribution in [0.4, 0.5) is 13.2 Å². The van der Waals surface area contributed by atoms with E-state index in [1.807, 2.05) is 0 Å². The highest BCUT2D eigenvalue weighted by atomic mass is 32.2. The molecule has 4 aliphatic carbocycles. The Labute approximate surface area is 229 Å². The minimum Gasteiger partial charge on any atom is -0.401 e. The Morgan fingerprint density at radius 3 is 2.32 bits per heavy atom. The minimum absolute atomic E-state index is 0.00596. The van der Waals surface area contributed by atoms with E-state index < -0.39 is 37.6 Å². The summed E-state index contributed by atoms with van der Waals surface area (Å²) in [5.41, 5.74) is -1.19. The van der Waals surface area contributed by atoms with E-state index in [0.717, 1.165) is 44.1 Å². The summed E-state index contributed by atoms with van der Waals surface area (Å²) < 4.78 is 73.3. The van der Waals surface area contributed by atoms with Gasteiger partial charge in [0.25, 0.3) is 0 Å². The van der Waals surface area contributed by atoms with Crippen molar-refractivity contribution in [1.82, 2.24) is 0 Å². The smallest absolute Gasteiger partial charge is 0.401 e. The second-order valence-corrected chi connectivity index (χ2v) is 24.5. The average Bonchev–Trinajstić information content (AvgIpc) is 3.09. The fourth-order valence-electron chi connectivity index (χ4n) is 7.90. The van der Waals surface area contributed by atoms with Gasteiger partial charge in [0.2, 0.25) is 0 Å². The van der Waals surface area contributed by atoms with Crippen LogP contribution in [0.1, 0.15) is 58.3 Å². The van der Waals surface area contributed by atoms with Crippen LogP contribution in [0.5, 0.6) is 0 Å². The molecule has 0 heterocycles. The molecular weight excluding hydrogens is 546 g/mol. The monoisotopic (exact) mass is 588 g/mol. The Morgan fingerprint density at radius 2 is 1.74 bits per heavy atom. The molecule has 38 heavy (non-hydrogen) atoms. The molecular formula is C28H43F3O4SSi2. The van der Waals surface area contributed by atoms with Crippen molar-refractivity contribution in [1.29, 1.82) is 0 Å². The molecule has 0 aliphatic heterocycles. The molecule has 4 nitrogen and oxygen atoms in total. The first-order valence-corrected chi connectivity index (χ1v) is 22.3. The lowest BCUT2D eigenvalue weighted by atomic mass is 9.50. The number of allylic oxidation sites excluding steroid dienone is 4. The second-order valence-electron chi connectivity index (χ2n) is 13.7. The van der Waals surface area contributed by atoms with Crippen LogP contribution in [-0.4, -0.2) is 35.9 Å². The van der Waals surface area contributed by atoms with E-state index in [0.29, 0.717) is 24.2 Å². The van der Waals surface area contributed by atoms with E-state index in [9.17, 15) is 21.6 Å². The van der Waals surface area contributed by atoms with Crippen molar-refractivity contribution in [2.75, 3.05) is 0 Å². The highest BCUT2D eigenvalue weighted by Gasteiger charge is 2.65. The van der Waals surface area contributed by atoms with Crippen LogP contribution in [0.15, 0.2) is 23.5 Å². The summed E-state index contributed by atoms with van der Waals surface area (Å²) in [6.07, 6.45) is 10.5. The zero-order valence-corrected chi connectivity index (χ0v) is 26.6. The number of hydrogen-bond donors (Lipinski definition) is 0. The van der Waals surface area contributed by atoms with Crippen molar-refractivity contribution in [3.63, 3.8) is 0 Å². The molecule has 0 aromatic rings. The third kappa shape index (κ3) is 5.46. The molecule has 6 atom stereocenters. The Balaban J connectivity index is 1.66. The Kier molecular flexibility index (Phi) is 7.73. The molecule has 0 bridgehead atoms. The first-order chi connectivity index (χ1) is 17.3. The molecule has 0 unspecified atom stereocenters. The summed E-state index contributed by atoms with van der Waals surface area (Å²) in [5.74, 6) is 5.33. The normalized spacial score (nSPS) is 35.6. The summed E-state index contributed by atoms with van der Waals surface area (Å²) in [4.78, 5) is 0. The van der Waals surface area contributed by atoms with E-state index >= 15 is 0 Å². The first-order valence-electron chi connectivity index (χ1n) is 14.0. The van der Waals surface area contributed by atoms with Gasteiger partial charge in [-0.25, -0.2) is 0 Å². The average molecular weight is 589 g/mol. The van der Waals surface area contributed by atoms with Crippen LogP contribution >= 0.6 is 0 Å². The SMILES string of the molecule is CC[C@]12CC[C@H]3[C@@H](CC=C4C=C(OS(=O)(=O)C(F)(F)F)CC[C@@H]43)[C@@H]1CC[C@]2(C#C[Si](C)(C)C)O[Si](C)(C)C. The van der Waals surface area contributed by atoms with Gasteiger partial charge in [0.1, 0.15) is 19.4 Å². The van der Waals surface area contributed by atoms with Crippen molar-refractivity contribution < 1.29 is 30.2 Å². The van der Waals surface area contributed by atoms with Crippen molar-refractivity contribution in [2.45, 2.75) is 109 Å². The van der Waals surface area contributed by atoms with E-state index in [1.54, 1.807) is 6.08 Å². The van der Waals surface area contributed by atoms with Crippen molar-refractivity contribution in [2.24, 2.45) is 29.1 Å². The lowest BCUT2D eigenvalue weighted by Crippen LogP contribution is -2.57. The Hall–Kier alpha value is -1.03. The van der Waals surface area contributed by atoms with Gasteiger partial charge in [0, 0.05) is 11.8 Å². The molecule has 214 valence electrons. The molecule has 10 heteroatoms. The number of hydrogen-bond acceptors (Lipinski definition) is 4. The number of rotatable bonds is 5. The van der Waals surface area contributed by atoms with Gasteiger partial charge >= 0.3 is 15.6 Å². The summed E-state index contributed by atoms with van der Waals surface area (Å²) in [6, 6.07) is 0. The molecule has 2 saturated carbocycles. The van der Waals surface area contributed by atoms with Gasteiger partial charge < -0.3 is 8.61 Å². The fourth-order valence-corrected chi connectivity index (χ4v) is 10.4. The summed E-state index contributed by atoms with van der Waals surface area (Å²) >= 11 is 0. The van der Waals surface area contributed by atoms with Crippen LogP contribution in [0.2, 0.25) is 39.3 Å². The number of fused-ring (bicyclic) bond motifs is 5. The molecule has 0 spiro atoms. The van der Waals surface area contributed by atoms with Crippen LogP contribution in [-0.2, 0) is 18.7 Å². The van der Waals surface area contributed by atoms with Crippen LogP contribution in [0.25, 0.3) is 0 Å². The zero-order chi connectivity index (χ0) is 28.4. The molecule has 0 radical (unpaired) electrons. The van der Waals surface area contributed by atoms with E-state index in [-0.39, 0.29) is 23.5 Å². The topological polar surface area (TPSA) is 52.6 Å². The maximum Gasteiger partial charge on any atom is 0.534 e. The molecule has 0 amide bonds. The predicted molar refractivity (Wildman–Crippen MR) is 150 cm³/mol. The lowest BCUT2D eigenvalue weighted by Gasteiger charge is -2.57. The maximum absolute atomic E-state index is 12.9. The van der Waals surface area contributed by atoms with Crippen molar-refractivity contribution in [3.8, 4) is 11.5 Å². The van der Waals surface area contributed by atoms with Crippen molar-refractivity contribution >= 4 is 26.5 Å². The van der Waals surface area contributed by atoms with E-state index in [4.69, 9.17) is 4.43 Å². The molecule has 0 aromatic heterocycles. The van der Waals surface area contributed by atoms with Gasteiger partial charge in [-0.1, -0.05) is 38.6 Å².